The fourth-order valence-corrected chi connectivity index (χ4v) is 4.70. The SMILES string of the molecule is O=C1CNC2C[C@H](C(=O)N3CCc4ccccc4[C@@H]3c3ccc(F)cc3)OC[C@H]2O1. The van der Waals surface area contributed by atoms with Crippen molar-refractivity contribution in [3.8, 4) is 0 Å². The van der Waals surface area contributed by atoms with E-state index in [1.807, 2.05) is 23.1 Å². The lowest BCUT2D eigenvalue weighted by Gasteiger charge is -2.43. The number of hydrogen-bond acceptors (Lipinski definition) is 5. The zero-order chi connectivity index (χ0) is 20.7. The van der Waals surface area contributed by atoms with Crippen molar-refractivity contribution in [2.45, 2.75) is 37.1 Å². The fraction of sp³-hybridized carbons (Fsp3) is 0.391. The molecule has 6 nitrogen and oxygen atoms in total. The molecule has 0 spiro atoms. The van der Waals surface area contributed by atoms with Crippen LogP contribution in [0.25, 0.3) is 0 Å². The van der Waals surface area contributed by atoms with Crippen molar-refractivity contribution in [3.05, 3.63) is 71.0 Å². The quantitative estimate of drug-likeness (QED) is 0.767. The highest BCUT2D eigenvalue weighted by molar-refractivity contribution is 5.82. The number of benzene rings is 2. The average Bonchev–Trinajstić information content (AvgIpc) is 2.78. The predicted octanol–water partition coefficient (Wildman–Crippen LogP) is 1.97. The van der Waals surface area contributed by atoms with Gasteiger partial charge in [-0.05, 0) is 35.2 Å². The summed E-state index contributed by atoms with van der Waals surface area (Å²) in [6.07, 6.45) is 0.244. The van der Waals surface area contributed by atoms with Crippen LogP contribution in [0.5, 0.6) is 0 Å². The van der Waals surface area contributed by atoms with Crippen molar-refractivity contribution in [2.24, 2.45) is 0 Å². The Morgan fingerprint density at radius 3 is 2.77 bits per heavy atom. The summed E-state index contributed by atoms with van der Waals surface area (Å²) in [5.74, 6) is -0.690. The van der Waals surface area contributed by atoms with Crippen LogP contribution in [0, 0.1) is 5.82 Å². The van der Waals surface area contributed by atoms with Gasteiger partial charge >= 0.3 is 5.97 Å². The lowest BCUT2D eigenvalue weighted by Crippen LogP contribution is -2.59. The van der Waals surface area contributed by atoms with E-state index in [-0.39, 0.29) is 49.0 Å². The van der Waals surface area contributed by atoms with E-state index in [0.29, 0.717) is 13.0 Å². The van der Waals surface area contributed by atoms with Crippen LogP contribution < -0.4 is 5.32 Å². The maximum atomic E-state index is 13.5. The number of nitrogens with zero attached hydrogens (tertiary/aromatic N) is 1. The van der Waals surface area contributed by atoms with Gasteiger partial charge in [0.25, 0.3) is 5.91 Å². The minimum atomic E-state index is -0.608. The highest BCUT2D eigenvalue weighted by Gasteiger charge is 2.42. The number of ether oxygens (including phenoxy) is 2. The first-order chi connectivity index (χ1) is 14.6. The van der Waals surface area contributed by atoms with Gasteiger partial charge in [-0.25, -0.2) is 4.39 Å². The maximum Gasteiger partial charge on any atom is 0.320 e. The van der Waals surface area contributed by atoms with Gasteiger partial charge in [-0.2, -0.15) is 0 Å². The Kier molecular flexibility index (Phi) is 5.00. The molecular weight excluding hydrogens is 387 g/mol. The molecule has 1 amide bonds. The van der Waals surface area contributed by atoms with Crippen LogP contribution in [0.3, 0.4) is 0 Å². The molecule has 156 valence electrons. The minimum Gasteiger partial charge on any atom is -0.457 e. The van der Waals surface area contributed by atoms with Crippen LogP contribution in [-0.2, 0) is 25.5 Å². The highest BCUT2D eigenvalue weighted by atomic mass is 19.1. The molecule has 2 fully saturated rings. The number of halogens is 1. The van der Waals surface area contributed by atoms with E-state index in [4.69, 9.17) is 9.47 Å². The van der Waals surface area contributed by atoms with Gasteiger partial charge in [0, 0.05) is 19.0 Å². The number of carbonyl (C=O) groups excluding carboxylic acids is 2. The summed E-state index contributed by atoms with van der Waals surface area (Å²) in [4.78, 5) is 26.9. The summed E-state index contributed by atoms with van der Waals surface area (Å²) in [7, 11) is 0. The molecule has 0 saturated carbocycles. The molecule has 3 aliphatic heterocycles. The molecular formula is C23H23FN2O4. The summed E-state index contributed by atoms with van der Waals surface area (Å²) < 4.78 is 24.7. The molecule has 5 rings (SSSR count). The van der Waals surface area contributed by atoms with E-state index in [2.05, 4.69) is 11.4 Å². The number of hydrogen-bond donors (Lipinski definition) is 1. The van der Waals surface area contributed by atoms with Gasteiger partial charge in [0.15, 0.2) is 0 Å². The summed E-state index contributed by atoms with van der Waals surface area (Å²) in [6.45, 7) is 0.914. The van der Waals surface area contributed by atoms with Gasteiger partial charge in [0.05, 0.1) is 19.2 Å². The summed E-state index contributed by atoms with van der Waals surface area (Å²) in [6, 6.07) is 14.0. The molecule has 3 heterocycles. The van der Waals surface area contributed by atoms with Crippen LogP contribution in [0.15, 0.2) is 48.5 Å². The molecule has 3 aliphatic rings. The molecule has 2 aromatic rings. The molecule has 2 saturated heterocycles. The summed E-state index contributed by atoms with van der Waals surface area (Å²) >= 11 is 0. The average molecular weight is 410 g/mol. The maximum absolute atomic E-state index is 13.5. The zero-order valence-electron chi connectivity index (χ0n) is 16.4. The highest BCUT2D eigenvalue weighted by Crippen LogP contribution is 2.36. The lowest BCUT2D eigenvalue weighted by atomic mass is 9.87. The largest absolute Gasteiger partial charge is 0.457 e. The molecule has 0 radical (unpaired) electrons. The summed E-state index contributed by atoms with van der Waals surface area (Å²) in [5, 5.41) is 3.16. The van der Waals surface area contributed by atoms with Crippen molar-refractivity contribution in [2.75, 3.05) is 19.7 Å². The van der Waals surface area contributed by atoms with Gasteiger partial charge in [-0.1, -0.05) is 36.4 Å². The lowest BCUT2D eigenvalue weighted by molar-refractivity contribution is -0.175. The standard InChI is InChI=1S/C23H23FN2O4/c24-16-7-5-15(6-8-16)22-17-4-2-1-3-14(17)9-10-26(22)23(28)19-11-18-20(13-29-19)30-21(27)12-25-18/h1-8,18-20,22,25H,9-13H2/t18?,19-,20-,22+/m1/s1. The van der Waals surface area contributed by atoms with E-state index >= 15 is 0 Å². The van der Waals surface area contributed by atoms with E-state index in [1.54, 1.807) is 12.1 Å². The number of amides is 1. The van der Waals surface area contributed by atoms with Crippen molar-refractivity contribution in [3.63, 3.8) is 0 Å². The molecule has 7 heteroatoms. The van der Waals surface area contributed by atoms with E-state index in [0.717, 1.165) is 17.5 Å². The predicted molar refractivity (Wildman–Crippen MR) is 106 cm³/mol. The molecule has 0 aliphatic carbocycles. The molecule has 4 atom stereocenters. The first kappa shape index (κ1) is 19.2. The molecule has 1 N–H and O–H groups in total. The molecule has 1 unspecified atom stereocenters. The Bertz CT molecular complexity index is 964. The van der Waals surface area contributed by atoms with Crippen molar-refractivity contribution < 1.29 is 23.5 Å². The normalized spacial score (nSPS) is 28.3. The smallest absolute Gasteiger partial charge is 0.320 e. The second-order valence-corrected chi connectivity index (χ2v) is 8.01. The summed E-state index contributed by atoms with van der Waals surface area (Å²) in [5.41, 5.74) is 3.12. The van der Waals surface area contributed by atoms with Crippen molar-refractivity contribution in [1.82, 2.24) is 10.2 Å². The first-order valence-corrected chi connectivity index (χ1v) is 10.3. The van der Waals surface area contributed by atoms with Crippen LogP contribution in [0.4, 0.5) is 4.39 Å². The topological polar surface area (TPSA) is 67.9 Å². The van der Waals surface area contributed by atoms with Crippen molar-refractivity contribution in [1.29, 1.82) is 0 Å². The van der Waals surface area contributed by atoms with Crippen LogP contribution in [-0.4, -0.2) is 54.7 Å². The Labute approximate surface area is 174 Å². The third-order valence-electron chi connectivity index (χ3n) is 6.20. The Balaban J connectivity index is 1.43. The van der Waals surface area contributed by atoms with Crippen LogP contribution >= 0.6 is 0 Å². The number of morpholine rings is 1. The number of fused-ring (bicyclic) bond motifs is 2. The number of esters is 1. The second kappa shape index (κ2) is 7.81. The van der Waals surface area contributed by atoms with Gasteiger partial charge in [-0.3, -0.25) is 9.59 Å². The number of nitrogens with one attached hydrogen (secondary N) is 1. The zero-order valence-corrected chi connectivity index (χ0v) is 16.4. The van der Waals surface area contributed by atoms with Gasteiger partial charge in [0.1, 0.15) is 18.0 Å². The third kappa shape index (κ3) is 3.48. The van der Waals surface area contributed by atoms with Crippen molar-refractivity contribution >= 4 is 11.9 Å². The monoisotopic (exact) mass is 410 g/mol. The second-order valence-electron chi connectivity index (χ2n) is 8.01. The van der Waals surface area contributed by atoms with Gasteiger partial charge in [-0.15, -0.1) is 0 Å². The van der Waals surface area contributed by atoms with Gasteiger partial charge < -0.3 is 19.7 Å². The van der Waals surface area contributed by atoms with Crippen LogP contribution in [0.1, 0.15) is 29.2 Å². The fourth-order valence-electron chi connectivity index (χ4n) is 4.70. The van der Waals surface area contributed by atoms with Crippen LogP contribution in [0.2, 0.25) is 0 Å². The first-order valence-electron chi connectivity index (χ1n) is 10.3. The van der Waals surface area contributed by atoms with Gasteiger partial charge in [0.2, 0.25) is 0 Å². The number of rotatable bonds is 2. The number of carbonyl (C=O) groups is 2. The van der Waals surface area contributed by atoms with E-state index in [9.17, 15) is 14.0 Å². The minimum absolute atomic E-state index is 0.0871. The molecule has 30 heavy (non-hydrogen) atoms. The molecule has 0 aromatic heterocycles. The van der Waals surface area contributed by atoms with E-state index < -0.39 is 6.10 Å². The molecule has 2 aromatic carbocycles. The Morgan fingerprint density at radius 1 is 1.13 bits per heavy atom. The van der Waals surface area contributed by atoms with E-state index in [1.165, 1.54) is 17.7 Å². The Hall–Kier alpha value is -2.77. The third-order valence-corrected chi connectivity index (χ3v) is 6.20. The Morgan fingerprint density at radius 2 is 1.93 bits per heavy atom. The molecule has 0 bridgehead atoms.